The lowest BCUT2D eigenvalue weighted by atomic mass is 10.2. The maximum atomic E-state index is 12.5. The molecule has 0 aliphatic heterocycles. The Bertz CT molecular complexity index is 698. The summed E-state index contributed by atoms with van der Waals surface area (Å²) in [6, 6.07) is 9.49. The summed E-state index contributed by atoms with van der Waals surface area (Å²) < 4.78 is 12.6. The lowest BCUT2D eigenvalue weighted by molar-refractivity contribution is -0.139. The number of carbonyl (C=O) groups excluding carboxylic acids is 1. The van der Waals surface area contributed by atoms with Crippen LogP contribution in [0.1, 0.15) is 42.7 Å². The minimum absolute atomic E-state index is 0.223. The first-order valence-corrected chi connectivity index (χ1v) is 9.28. The number of amides is 1. The summed E-state index contributed by atoms with van der Waals surface area (Å²) in [6.07, 6.45) is 1.24. The summed E-state index contributed by atoms with van der Waals surface area (Å²) in [5.41, 5.74) is 1.82. The maximum absolute atomic E-state index is 12.5. The van der Waals surface area contributed by atoms with E-state index in [0.717, 1.165) is 18.5 Å². The molecule has 6 nitrogen and oxygen atoms in total. The normalized spacial score (nSPS) is 11.1. The van der Waals surface area contributed by atoms with Gasteiger partial charge in [0.1, 0.15) is 5.15 Å². The van der Waals surface area contributed by atoms with Gasteiger partial charge in [-0.3, -0.25) is 4.79 Å². The molecule has 142 valence electrons. The molecular formula is C19H26ClN3O3. The number of aromatic nitrogens is 2. The van der Waals surface area contributed by atoms with E-state index in [-0.39, 0.29) is 12.2 Å². The fourth-order valence-corrected chi connectivity index (χ4v) is 3.00. The number of benzene rings is 1. The number of rotatable bonds is 10. The fourth-order valence-electron chi connectivity index (χ4n) is 2.64. The number of ether oxygens (including phenoxy) is 2. The van der Waals surface area contributed by atoms with E-state index >= 15 is 0 Å². The Balaban J connectivity index is 1.95. The van der Waals surface area contributed by atoms with Crippen LogP contribution >= 0.6 is 11.6 Å². The molecule has 0 saturated carbocycles. The standard InChI is InChI=1S/C19H26ClN3O3/c1-4-25-16(26-5-2)12-9-13-21-19(24)17-14(3)22-23(18(17)20)15-10-7-6-8-11-15/h6-8,10-11,16H,4-5,9,12-13H2,1-3H3,(H,21,24). The molecule has 0 unspecified atom stereocenters. The predicted molar refractivity (Wildman–Crippen MR) is 102 cm³/mol. The van der Waals surface area contributed by atoms with Gasteiger partial charge in [-0.15, -0.1) is 0 Å². The Morgan fingerprint density at radius 2 is 1.88 bits per heavy atom. The Labute approximate surface area is 159 Å². The van der Waals surface area contributed by atoms with Crippen LogP contribution in [0, 0.1) is 6.92 Å². The molecule has 0 fully saturated rings. The Morgan fingerprint density at radius 1 is 1.23 bits per heavy atom. The van der Waals surface area contributed by atoms with Crippen molar-refractivity contribution in [2.45, 2.75) is 39.9 Å². The molecule has 0 aliphatic rings. The summed E-state index contributed by atoms with van der Waals surface area (Å²) in [5, 5.41) is 7.60. The first-order valence-electron chi connectivity index (χ1n) is 8.90. The van der Waals surface area contributed by atoms with Gasteiger partial charge in [0.15, 0.2) is 6.29 Å². The van der Waals surface area contributed by atoms with Gasteiger partial charge in [0.05, 0.1) is 16.9 Å². The average molecular weight is 380 g/mol. The molecule has 1 amide bonds. The molecule has 2 rings (SSSR count). The van der Waals surface area contributed by atoms with Crippen LogP contribution in [-0.2, 0) is 9.47 Å². The molecule has 0 atom stereocenters. The second kappa shape index (κ2) is 10.3. The van der Waals surface area contributed by atoms with Gasteiger partial charge in [0.2, 0.25) is 0 Å². The van der Waals surface area contributed by atoms with Crippen molar-refractivity contribution in [3.63, 3.8) is 0 Å². The van der Waals surface area contributed by atoms with E-state index in [0.29, 0.717) is 36.2 Å². The molecule has 7 heteroatoms. The fraction of sp³-hybridized carbons (Fsp3) is 0.474. The maximum Gasteiger partial charge on any atom is 0.256 e. The number of para-hydroxylation sites is 1. The number of halogens is 1. The first kappa shape index (κ1) is 20.4. The number of carbonyl (C=O) groups is 1. The van der Waals surface area contributed by atoms with Crippen molar-refractivity contribution in [2.75, 3.05) is 19.8 Å². The lowest BCUT2D eigenvalue weighted by Crippen LogP contribution is -2.26. The third-order valence-electron chi connectivity index (χ3n) is 3.84. The van der Waals surface area contributed by atoms with Gasteiger partial charge in [0.25, 0.3) is 5.91 Å². The van der Waals surface area contributed by atoms with Gasteiger partial charge in [-0.05, 0) is 39.3 Å². The molecule has 1 N–H and O–H groups in total. The van der Waals surface area contributed by atoms with Crippen LogP contribution < -0.4 is 5.32 Å². The van der Waals surface area contributed by atoms with Crippen molar-refractivity contribution in [3.05, 3.63) is 46.7 Å². The summed E-state index contributed by atoms with van der Waals surface area (Å²) in [5.74, 6) is -0.223. The molecule has 0 aliphatic carbocycles. The van der Waals surface area contributed by atoms with Crippen molar-refractivity contribution >= 4 is 17.5 Å². The molecule has 1 aromatic carbocycles. The van der Waals surface area contributed by atoms with Crippen LogP contribution in [0.4, 0.5) is 0 Å². The van der Waals surface area contributed by atoms with E-state index in [9.17, 15) is 4.79 Å². The van der Waals surface area contributed by atoms with Crippen molar-refractivity contribution in [1.82, 2.24) is 15.1 Å². The highest BCUT2D eigenvalue weighted by molar-refractivity contribution is 6.33. The molecule has 0 radical (unpaired) electrons. The third-order valence-corrected chi connectivity index (χ3v) is 4.19. The van der Waals surface area contributed by atoms with Crippen molar-refractivity contribution in [2.24, 2.45) is 0 Å². The quantitative estimate of drug-likeness (QED) is 0.504. The van der Waals surface area contributed by atoms with Crippen molar-refractivity contribution in [3.8, 4) is 5.69 Å². The van der Waals surface area contributed by atoms with Gasteiger partial charge in [-0.1, -0.05) is 29.8 Å². The summed E-state index contributed by atoms with van der Waals surface area (Å²) >= 11 is 6.40. The van der Waals surface area contributed by atoms with E-state index < -0.39 is 0 Å². The van der Waals surface area contributed by atoms with E-state index in [1.807, 2.05) is 44.2 Å². The smallest absolute Gasteiger partial charge is 0.256 e. The van der Waals surface area contributed by atoms with Crippen LogP contribution in [0.25, 0.3) is 5.69 Å². The minimum Gasteiger partial charge on any atom is -0.353 e. The molecular weight excluding hydrogens is 354 g/mol. The van der Waals surface area contributed by atoms with Crippen LogP contribution in [0.5, 0.6) is 0 Å². The van der Waals surface area contributed by atoms with Gasteiger partial charge < -0.3 is 14.8 Å². The van der Waals surface area contributed by atoms with E-state index in [1.165, 1.54) is 0 Å². The largest absolute Gasteiger partial charge is 0.353 e. The zero-order valence-electron chi connectivity index (χ0n) is 15.5. The van der Waals surface area contributed by atoms with Crippen LogP contribution in [0.2, 0.25) is 5.15 Å². The van der Waals surface area contributed by atoms with Crippen molar-refractivity contribution in [1.29, 1.82) is 0 Å². The Morgan fingerprint density at radius 3 is 2.50 bits per heavy atom. The highest BCUT2D eigenvalue weighted by Crippen LogP contribution is 2.23. The monoisotopic (exact) mass is 379 g/mol. The van der Waals surface area contributed by atoms with Crippen LogP contribution in [-0.4, -0.2) is 41.7 Å². The first-order chi connectivity index (χ1) is 12.6. The second-order valence-corrected chi connectivity index (χ2v) is 6.09. The molecule has 26 heavy (non-hydrogen) atoms. The zero-order chi connectivity index (χ0) is 18.9. The lowest BCUT2D eigenvalue weighted by Gasteiger charge is -2.16. The van der Waals surface area contributed by atoms with E-state index in [2.05, 4.69) is 10.4 Å². The summed E-state index contributed by atoms with van der Waals surface area (Å²) in [4.78, 5) is 12.5. The highest BCUT2D eigenvalue weighted by atomic mass is 35.5. The van der Waals surface area contributed by atoms with Crippen LogP contribution in [0.3, 0.4) is 0 Å². The zero-order valence-corrected chi connectivity index (χ0v) is 16.3. The summed E-state index contributed by atoms with van der Waals surface area (Å²) in [7, 11) is 0. The topological polar surface area (TPSA) is 65.4 Å². The predicted octanol–water partition coefficient (Wildman–Crippen LogP) is 3.74. The SMILES string of the molecule is CCOC(CCCNC(=O)c1c(C)nn(-c2ccccc2)c1Cl)OCC. The molecule has 0 spiro atoms. The van der Waals surface area contributed by atoms with Gasteiger partial charge in [0, 0.05) is 26.2 Å². The molecule has 0 saturated heterocycles. The second-order valence-electron chi connectivity index (χ2n) is 5.74. The minimum atomic E-state index is -0.229. The van der Waals surface area contributed by atoms with E-state index in [1.54, 1.807) is 11.6 Å². The van der Waals surface area contributed by atoms with Gasteiger partial charge >= 0.3 is 0 Å². The number of nitrogens with one attached hydrogen (secondary N) is 1. The average Bonchev–Trinajstić information content (AvgIpc) is 2.94. The number of hydrogen-bond acceptors (Lipinski definition) is 4. The summed E-state index contributed by atoms with van der Waals surface area (Å²) in [6.45, 7) is 7.36. The number of hydrogen-bond donors (Lipinski definition) is 1. The number of aryl methyl sites for hydroxylation is 1. The van der Waals surface area contributed by atoms with Gasteiger partial charge in [-0.25, -0.2) is 4.68 Å². The molecule has 1 aromatic heterocycles. The molecule has 0 bridgehead atoms. The van der Waals surface area contributed by atoms with Crippen molar-refractivity contribution < 1.29 is 14.3 Å². The van der Waals surface area contributed by atoms with E-state index in [4.69, 9.17) is 21.1 Å². The molecule has 2 aromatic rings. The Hall–Kier alpha value is -1.89. The van der Waals surface area contributed by atoms with Crippen LogP contribution in [0.15, 0.2) is 30.3 Å². The van der Waals surface area contributed by atoms with Gasteiger partial charge in [-0.2, -0.15) is 5.10 Å². The Kier molecular flexibility index (Phi) is 8.09. The number of nitrogens with zero attached hydrogens (tertiary/aromatic N) is 2. The molecule has 1 heterocycles. The highest BCUT2D eigenvalue weighted by Gasteiger charge is 2.20. The third kappa shape index (κ3) is 5.30.